The first-order valence-corrected chi connectivity index (χ1v) is 5.46. The maximum absolute atomic E-state index is 13.4. The number of benzene rings is 1. The van der Waals surface area contributed by atoms with Crippen molar-refractivity contribution < 1.29 is 18.7 Å². The van der Waals surface area contributed by atoms with E-state index in [1.807, 2.05) is 0 Å². The molecule has 1 heterocycles. The van der Waals surface area contributed by atoms with E-state index in [0.717, 1.165) is 24.3 Å². The summed E-state index contributed by atoms with van der Waals surface area (Å²) in [6, 6.07) is 5.16. The average Bonchev–Trinajstić information content (AvgIpc) is 2.33. The third-order valence-electron chi connectivity index (χ3n) is 2.23. The van der Waals surface area contributed by atoms with E-state index in [1.165, 1.54) is 6.07 Å². The van der Waals surface area contributed by atoms with Crippen LogP contribution >= 0.6 is 11.6 Å². The van der Waals surface area contributed by atoms with Crippen LogP contribution in [0.1, 0.15) is 10.4 Å². The van der Waals surface area contributed by atoms with Crippen LogP contribution in [0, 0.1) is 11.6 Å². The third kappa shape index (κ3) is 3.17. The molecular formula is C12H7ClF2N2O2. The zero-order chi connectivity index (χ0) is 14.0. The fourth-order valence-corrected chi connectivity index (χ4v) is 1.62. The summed E-state index contributed by atoms with van der Waals surface area (Å²) in [5.41, 5.74) is -0.273. The van der Waals surface area contributed by atoms with Gasteiger partial charge in [0.15, 0.2) is 0 Å². The first kappa shape index (κ1) is 13.2. The molecule has 0 saturated carbocycles. The molecule has 0 unspecified atom stereocenters. The van der Waals surface area contributed by atoms with Crippen molar-refractivity contribution in [3.63, 3.8) is 0 Å². The smallest absolute Gasteiger partial charge is 0.335 e. The zero-order valence-corrected chi connectivity index (χ0v) is 10.1. The maximum Gasteiger partial charge on any atom is 0.335 e. The molecule has 0 aliphatic rings. The minimum Gasteiger partial charge on any atom is -0.478 e. The first-order chi connectivity index (χ1) is 8.95. The van der Waals surface area contributed by atoms with E-state index in [-0.39, 0.29) is 22.2 Å². The Bertz CT molecular complexity index is 650. The molecule has 2 rings (SSSR count). The monoisotopic (exact) mass is 284 g/mol. The molecular weight excluding hydrogens is 278 g/mol. The van der Waals surface area contributed by atoms with Crippen molar-refractivity contribution in [1.82, 2.24) is 4.98 Å². The van der Waals surface area contributed by atoms with Gasteiger partial charge in [-0.25, -0.2) is 18.6 Å². The Morgan fingerprint density at radius 3 is 2.68 bits per heavy atom. The minimum absolute atomic E-state index is 0.00870. The number of nitrogens with zero attached hydrogens (tertiary/aromatic N) is 1. The van der Waals surface area contributed by atoms with Gasteiger partial charge in [-0.1, -0.05) is 11.6 Å². The lowest BCUT2D eigenvalue weighted by atomic mass is 10.2. The third-order valence-corrected chi connectivity index (χ3v) is 2.43. The highest BCUT2D eigenvalue weighted by Gasteiger charge is 2.10. The van der Waals surface area contributed by atoms with Gasteiger partial charge in [-0.15, -0.1) is 0 Å². The second kappa shape index (κ2) is 5.19. The Morgan fingerprint density at radius 2 is 2.00 bits per heavy atom. The lowest BCUT2D eigenvalue weighted by Gasteiger charge is -2.08. The van der Waals surface area contributed by atoms with Crippen LogP contribution < -0.4 is 5.32 Å². The van der Waals surface area contributed by atoms with Crippen LogP contribution in [0.25, 0.3) is 0 Å². The van der Waals surface area contributed by atoms with Crippen LogP contribution in [0.2, 0.25) is 5.15 Å². The number of nitrogens with one attached hydrogen (secondary N) is 1. The van der Waals surface area contributed by atoms with Gasteiger partial charge < -0.3 is 10.4 Å². The molecule has 1 aromatic heterocycles. The van der Waals surface area contributed by atoms with E-state index < -0.39 is 17.6 Å². The number of aromatic carboxylic acids is 1. The van der Waals surface area contributed by atoms with Gasteiger partial charge in [0.2, 0.25) is 0 Å². The molecule has 0 atom stereocenters. The average molecular weight is 285 g/mol. The molecule has 98 valence electrons. The topological polar surface area (TPSA) is 62.2 Å². The minimum atomic E-state index is -1.20. The van der Waals surface area contributed by atoms with Crippen LogP contribution in [-0.4, -0.2) is 16.1 Å². The highest BCUT2D eigenvalue weighted by molar-refractivity contribution is 6.29. The SMILES string of the molecule is O=C(O)c1cc(Cl)nc(Nc2cc(F)ccc2F)c1. The number of halogens is 3. The lowest BCUT2D eigenvalue weighted by molar-refractivity contribution is 0.0697. The summed E-state index contributed by atoms with van der Waals surface area (Å²) in [6.07, 6.45) is 0. The van der Waals surface area contributed by atoms with Gasteiger partial charge in [0.1, 0.15) is 22.6 Å². The molecule has 2 N–H and O–H groups in total. The molecule has 2 aromatic rings. The van der Waals surface area contributed by atoms with Gasteiger partial charge in [-0.3, -0.25) is 0 Å². The lowest BCUT2D eigenvalue weighted by Crippen LogP contribution is -2.02. The molecule has 0 aliphatic carbocycles. The van der Waals surface area contributed by atoms with E-state index >= 15 is 0 Å². The van der Waals surface area contributed by atoms with Gasteiger partial charge in [0, 0.05) is 6.07 Å². The number of hydrogen-bond donors (Lipinski definition) is 2. The molecule has 0 radical (unpaired) electrons. The quantitative estimate of drug-likeness (QED) is 0.847. The number of carboxylic acids is 1. The van der Waals surface area contributed by atoms with E-state index in [9.17, 15) is 13.6 Å². The highest BCUT2D eigenvalue weighted by Crippen LogP contribution is 2.22. The molecule has 7 heteroatoms. The molecule has 4 nitrogen and oxygen atoms in total. The number of pyridine rings is 1. The van der Waals surface area contributed by atoms with Crippen molar-refractivity contribution in [2.45, 2.75) is 0 Å². The Hall–Kier alpha value is -2.21. The van der Waals surface area contributed by atoms with Gasteiger partial charge in [0.05, 0.1) is 11.3 Å². The summed E-state index contributed by atoms with van der Waals surface area (Å²) in [6.45, 7) is 0. The van der Waals surface area contributed by atoms with Crippen LogP contribution in [0.15, 0.2) is 30.3 Å². The van der Waals surface area contributed by atoms with Crippen molar-refractivity contribution >= 4 is 29.1 Å². The van der Waals surface area contributed by atoms with Crippen molar-refractivity contribution in [1.29, 1.82) is 0 Å². The van der Waals surface area contributed by atoms with Crippen LogP contribution in [0.3, 0.4) is 0 Å². The molecule has 0 fully saturated rings. The predicted octanol–water partition coefficient (Wildman–Crippen LogP) is 3.46. The van der Waals surface area contributed by atoms with Gasteiger partial charge >= 0.3 is 5.97 Å². The molecule has 0 spiro atoms. The summed E-state index contributed by atoms with van der Waals surface area (Å²) >= 11 is 5.65. The predicted molar refractivity (Wildman–Crippen MR) is 65.8 cm³/mol. The standard InChI is InChI=1S/C12H7ClF2N2O2/c13-10-3-6(12(18)19)4-11(17-10)16-9-5-7(14)1-2-8(9)15/h1-5H,(H,16,17)(H,18,19). The van der Waals surface area contributed by atoms with Crippen molar-refractivity contribution in [3.05, 3.63) is 52.7 Å². The second-order valence-corrected chi connectivity index (χ2v) is 4.01. The number of rotatable bonds is 3. The normalized spacial score (nSPS) is 10.3. The summed E-state index contributed by atoms with van der Waals surface area (Å²) < 4.78 is 26.4. The van der Waals surface area contributed by atoms with E-state index in [0.29, 0.717) is 0 Å². The Labute approximate surface area is 111 Å². The second-order valence-electron chi connectivity index (χ2n) is 3.62. The highest BCUT2D eigenvalue weighted by atomic mass is 35.5. The molecule has 1 aromatic carbocycles. The Kier molecular flexibility index (Phi) is 3.62. The van der Waals surface area contributed by atoms with Crippen LogP contribution in [-0.2, 0) is 0 Å². The molecule has 0 amide bonds. The van der Waals surface area contributed by atoms with E-state index in [2.05, 4.69) is 10.3 Å². The molecule has 0 bridgehead atoms. The molecule has 0 saturated heterocycles. The summed E-state index contributed by atoms with van der Waals surface area (Å²) in [5.74, 6) is -2.52. The van der Waals surface area contributed by atoms with Gasteiger partial charge in [-0.05, 0) is 24.3 Å². The number of hydrogen-bond acceptors (Lipinski definition) is 3. The van der Waals surface area contributed by atoms with Gasteiger partial charge in [-0.2, -0.15) is 0 Å². The number of carboxylic acid groups (broad SMARTS) is 1. The summed E-state index contributed by atoms with van der Waals surface area (Å²) in [7, 11) is 0. The van der Waals surface area contributed by atoms with Gasteiger partial charge in [0.25, 0.3) is 0 Å². The molecule has 19 heavy (non-hydrogen) atoms. The largest absolute Gasteiger partial charge is 0.478 e. The number of carbonyl (C=O) groups is 1. The summed E-state index contributed by atoms with van der Waals surface area (Å²) in [4.78, 5) is 14.6. The fourth-order valence-electron chi connectivity index (χ4n) is 1.42. The summed E-state index contributed by atoms with van der Waals surface area (Å²) in [5, 5.41) is 11.3. The number of anilines is 2. The Morgan fingerprint density at radius 1 is 1.26 bits per heavy atom. The van der Waals surface area contributed by atoms with Crippen molar-refractivity contribution in [3.8, 4) is 0 Å². The maximum atomic E-state index is 13.4. The van der Waals surface area contributed by atoms with E-state index in [4.69, 9.17) is 16.7 Å². The fraction of sp³-hybridized carbons (Fsp3) is 0. The zero-order valence-electron chi connectivity index (χ0n) is 9.32. The first-order valence-electron chi connectivity index (χ1n) is 5.08. The van der Waals surface area contributed by atoms with Crippen LogP contribution in [0.5, 0.6) is 0 Å². The Balaban J connectivity index is 2.38. The van der Waals surface area contributed by atoms with Crippen molar-refractivity contribution in [2.24, 2.45) is 0 Å². The van der Waals surface area contributed by atoms with Crippen LogP contribution in [0.4, 0.5) is 20.3 Å². The molecule has 0 aliphatic heterocycles. The number of aromatic nitrogens is 1. The van der Waals surface area contributed by atoms with Crippen molar-refractivity contribution in [2.75, 3.05) is 5.32 Å². The van der Waals surface area contributed by atoms with E-state index in [1.54, 1.807) is 0 Å².